The summed E-state index contributed by atoms with van der Waals surface area (Å²) in [5.74, 6) is 0.317. The third kappa shape index (κ3) is 3.93. The summed E-state index contributed by atoms with van der Waals surface area (Å²) >= 11 is 1.28. The maximum Gasteiger partial charge on any atom is 0.352 e. The monoisotopic (exact) mass is 469 g/mol. The van der Waals surface area contributed by atoms with Crippen molar-refractivity contribution in [2.24, 2.45) is 0 Å². The number of ether oxygens (including phenoxy) is 2. The van der Waals surface area contributed by atoms with E-state index < -0.39 is 11.6 Å². The topological polar surface area (TPSA) is 109 Å². The van der Waals surface area contributed by atoms with Crippen LogP contribution in [0.25, 0.3) is 16.0 Å². The first-order valence-corrected chi connectivity index (χ1v) is 11.7. The molecule has 1 saturated heterocycles. The molecular formula is C22H23N5O5S. The number of hydrogen-bond acceptors (Lipinski definition) is 7. The van der Waals surface area contributed by atoms with Crippen LogP contribution in [0, 0.1) is 0 Å². The van der Waals surface area contributed by atoms with Gasteiger partial charge in [-0.15, -0.1) is 16.4 Å². The number of nitrogens with zero attached hydrogens (tertiary/aromatic N) is 4. The summed E-state index contributed by atoms with van der Waals surface area (Å²) in [5, 5.41) is 8.91. The smallest absolute Gasteiger partial charge is 0.352 e. The fourth-order valence-electron chi connectivity index (χ4n) is 4.07. The molecule has 3 aromatic heterocycles. The van der Waals surface area contributed by atoms with Crippen molar-refractivity contribution in [3.8, 4) is 5.75 Å². The first-order valence-electron chi connectivity index (χ1n) is 10.8. The number of carbonyl (C=O) groups is 1. The molecule has 1 aliphatic rings. The molecule has 0 unspecified atom stereocenters. The number of hydrogen-bond donors (Lipinski definition) is 1. The van der Waals surface area contributed by atoms with Crippen LogP contribution in [0.2, 0.25) is 0 Å². The van der Waals surface area contributed by atoms with Crippen LogP contribution in [0.3, 0.4) is 0 Å². The van der Waals surface area contributed by atoms with E-state index in [-0.39, 0.29) is 24.0 Å². The van der Waals surface area contributed by atoms with Gasteiger partial charge in [-0.1, -0.05) is 12.1 Å². The van der Waals surface area contributed by atoms with E-state index in [0.717, 1.165) is 17.5 Å². The quantitative estimate of drug-likeness (QED) is 0.444. The van der Waals surface area contributed by atoms with Gasteiger partial charge in [0, 0.05) is 6.61 Å². The Kier molecular flexibility index (Phi) is 5.73. The zero-order valence-electron chi connectivity index (χ0n) is 18.0. The highest BCUT2D eigenvalue weighted by molar-refractivity contribution is 7.17. The molecule has 1 atom stereocenters. The van der Waals surface area contributed by atoms with Crippen LogP contribution in [-0.4, -0.2) is 44.0 Å². The minimum Gasteiger partial charge on any atom is -0.492 e. The molecule has 0 saturated carbocycles. The van der Waals surface area contributed by atoms with Crippen molar-refractivity contribution >= 4 is 38.9 Å². The second kappa shape index (κ2) is 8.83. The van der Waals surface area contributed by atoms with Gasteiger partial charge in [-0.05, 0) is 43.3 Å². The number of aromatic nitrogens is 4. The van der Waals surface area contributed by atoms with Gasteiger partial charge in [-0.3, -0.25) is 14.2 Å². The van der Waals surface area contributed by atoms with Gasteiger partial charge in [-0.25, -0.2) is 13.9 Å². The van der Waals surface area contributed by atoms with Gasteiger partial charge in [0.25, 0.3) is 5.56 Å². The fraction of sp³-hybridized carbons (Fsp3) is 0.364. The molecule has 0 radical (unpaired) electrons. The molecule has 11 heteroatoms. The van der Waals surface area contributed by atoms with Crippen LogP contribution in [0.1, 0.15) is 19.8 Å². The van der Waals surface area contributed by atoms with Crippen LogP contribution in [0.4, 0.5) is 5.69 Å². The van der Waals surface area contributed by atoms with Gasteiger partial charge in [0.1, 0.15) is 17.0 Å². The Hall–Kier alpha value is -3.44. The molecular weight excluding hydrogens is 446 g/mol. The van der Waals surface area contributed by atoms with E-state index in [1.165, 1.54) is 20.3 Å². The summed E-state index contributed by atoms with van der Waals surface area (Å²) in [6, 6.07) is 8.80. The molecule has 0 aliphatic carbocycles. The van der Waals surface area contributed by atoms with Crippen molar-refractivity contribution in [1.82, 2.24) is 18.7 Å². The summed E-state index contributed by atoms with van der Waals surface area (Å²) in [5.41, 5.74) is 0.302. The minimum atomic E-state index is -0.484. The largest absolute Gasteiger partial charge is 0.492 e. The van der Waals surface area contributed by atoms with Gasteiger partial charge >= 0.3 is 5.69 Å². The Morgan fingerprint density at radius 3 is 2.94 bits per heavy atom. The molecule has 10 nitrogen and oxygen atoms in total. The Morgan fingerprint density at radius 1 is 1.30 bits per heavy atom. The highest BCUT2D eigenvalue weighted by atomic mass is 32.1. The molecule has 0 spiro atoms. The van der Waals surface area contributed by atoms with Gasteiger partial charge in [0.15, 0.2) is 0 Å². The van der Waals surface area contributed by atoms with Crippen molar-refractivity contribution < 1.29 is 14.3 Å². The zero-order chi connectivity index (χ0) is 22.9. The predicted molar refractivity (Wildman–Crippen MR) is 124 cm³/mol. The second-order valence-corrected chi connectivity index (χ2v) is 8.65. The van der Waals surface area contributed by atoms with Crippen LogP contribution < -0.4 is 21.3 Å². The SMILES string of the molecule is CCOc1ccccc1NC(=O)Cn1nc2n(C[C@H]3CCCO3)c(=O)c3sccc3n2c1=O. The van der Waals surface area contributed by atoms with Crippen molar-refractivity contribution in [3.63, 3.8) is 0 Å². The summed E-state index contributed by atoms with van der Waals surface area (Å²) in [4.78, 5) is 39.1. The normalized spacial score (nSPS) is 16.0. The molecule has 1 N–H and O–H groups in total. The van der Waals surface area contributed by atoms with E-state index >= 15 is 0 Å². The molecule has 33 heavy (non-hydrogen) atoms. The number of para-hydroxylation sites is 2. The summed E-state index contributed by atoms with van der Waals surface area (Å²) < 4.78 is 15.7. The first-order chi connectivity index (χ1) is 16.1. The molecule has 0 bridgehead atoms. The van der Waals surface area contributed by atoms with E-state index in [1.54, 1.807) is 29.6 Å². The number of carbonyl (C=O) groups excluding carboxylic acids is 1. The molecule has 1 amide bonds. The van der Waals surface area contributed by atoms with E-state index in [0.29, 0.717) is 41.4 Å². The molecule has 1 aromatic carbocycles. The van der Waals surface area contributed by atoms with E-state index in [2.05, 4.69) is 10.4 Å². The summed E-state index contributed by atoms with van der Waals surface area (Å²) in [6.45, 7) is 2.97. The van der Waals surface area contributed by atoms with Gasteiger partial charge in [0.05, 0.1) is 30.5 Å². The van der Waals surface area contributed by atoms with E-state index in [4.69, 9.17) is 9.47 Å². The van der Waals surface area contributed by atoms with Crippen LogP contribution in [0.5, 0.6) is 5.75 Å². The van der Waals surface area contributed by atoms with Crippen molar-refractivity contribution in [2.45, 2.75) is 39.0 Å². The Bertz CT molecular complexity index is 1440. The number of fused-ring (bicyclic) bond motifs is 3. The van der Waals surface area contributed by atoms with Crippen molar-refractivity contribution in [2.75, 3.05) is 18.5 Å². The highest BCUT2D eigenvalue weighted by Crippen LogP contribution is 2.24. The predicted octanol–water partition coefficient (Wildman–Crippen LogP) is 2.09. The summed E-state index contributed by atoms with van der Waals surface area (Å²) in [6.07, 6.45) is 1.66. The van der Waals surface area contributed by atoms with Gasteiger partial charge < -0.3 is 14.8 Å². The van der Waals surface area contributed by atoms with Crippen molar-refractivity contribution in [1.29, 1.82) is 0 Å². The Morgan fingerprint density at radius 2 is 2.15 bits per heavy atom. The third-order valence-electron chi connectivity index (χ3n) is 5.55. The van der Waals surface area contributed by atoms with Crippen LogP contribution in [-0.2, 0) is 22.6 Å². The molecule has 172 valence electrons. The Balaban J connectivity index is 1.52. The fourth-order valence-corrected chi connectivity index (χ4v) is 4.89. The van der Waals surface area contributed by atoms with E-state index in [9.17, 15) is 14.4 Å². The maximum absolute atomic E-state index is 13.2. The first kappa shape index (κ1) is 21.4. The number of amides is 1. The lowest BCUT2D eigenvalue weighted by Crippen LogP contribution is -2.30. The van der Waals surface area contributed by atoms with Crippen LogP contribution >= 0.6 is 11.3 Å². The zero-order valence-corrected chi connectivity index (χ0v) is 18.8. The number of anilines is 1. The number of nitrogens with one attached hydrogen (secondary N) is 1. The average Bonchev–Trinajstić information content (AvgIpc) is 3.54. The lowest BCUT2D eigenvalue weighted by molar-refractivity contribution is -0.117. The third-order valence-corrected chi connectivity index (χ3v) is 6.44. The lowest BCUT2D eigenvalue weighted by Gasteiger charge is -2.12. The molecule has 1 aliphatic heterocycles. The molecule has 4 heterocycles. The summed E-state index contributed by atoms with van der Waals surface area (Å²) in [7, 11) is 0. The lowest BCUT2D eigenvalue weighted by atomic mass is 10.2. The minimum absolute atomic E-state index is 0.109. The van der Waals surface area contributed by atoms with E-state index in [1.807, 2.05) is 13.0 Å². The number of benzene rings is 1. The molecule has 1 fully saturated rings. The van der Waals surface area contributed by atoms with Crippen molar-refractivity contribution in [3.05, 3.63) is 56.5 Å². The second-order valence-electron chi connectivity index (χ2n) is 7.74. The standard InChI is InChI=1S/C22H23N5O5S/c1-2-31-17-8-4-3-7-15(17)23-18(28)13-26-22(30)27-16-9-11-33-19(16)20(29)25(21(27)24-26)12-14-6-5-10-32-14/h3-4,7-9,11,14H,2,5-6,10,12-13H2,1H3,(H,23,28)/t14-/m1/s1. The maximum atomic E-state index is 13.2. The number of rotatable bonds is 7. The highest BCUT2D eigenvalue weighted by Gasteiger charge is 2.23. The molecule has 5 rings (SSSR count). The Labute approximate surface area is 192 Å². The molecule has 4 aromatic rings. The van der Waals surface area contributed by atoms with Gasteiger partial charge in [0.2, 0.25) is 11.7 Å². The number of thiophene rings is 1. The van der Waals surface area contributed by atoms with Gasteiger partial charge in [-0.2, -0.15) is 0 Å². The average molecular weight is 470 g/mol. The van der Waals surface area contributed by atoms with Crippen LogP contribution in [0.15, 0.2) is 45.3 Å².